The van der Waals surface area contributed by atoms with Crippen molar-refractivity contribution in [1.82, 2.24) is 0 Å². The number of aryl methyl sites for hydroxylation is 1. The molecule has 4 heteroatoms. The molecule has 0 N–H and O–H groups in total. The van der Waals surface area contributed by atoms with E-state index >= 15 is 0 Å². The lowest BCUT2D eigenvalue weighted by molar-refractivity contribution is 0.0114. The zero-order valence-corrected chi connectivity index (χ0v) is 11.9. The Balaban J connectivity index is 1.87. The second-order valence-electron chi connectivity index (χ2n) is 4.08. The minimum atomic E-state index is 0.558. The highest BCUT2D eigenvalue weighted by Crippen LogP contribution is 2.10. The van der Waals surface area contributed by atoms with Crippen molar-refractivity contribution in [2.45, 2.75) is 13.8 Å². The van der Waals surface area contributed by atoms with E-state index in [4.69, 9.17) is 18.9 Å². The van der Waals surface area contributed by atoms with Gasteiger partial charge in [-0.1, -0.05) is 17.7 Å². The molecule has 0 heterocycles. The van der Waals surface area contributed by atoms with E-state index in [1.54, 1.807) is 0 Å². The van der Waals surface area contributed by atoms with E-state index < -0.39 is 0 Å². The molecule has 19 heavy (non-hydrogen) atoms. The minimum Gasteiger partial charge on any atom is -0.491 e. The highest BCUT2D eigenvalue weighted by Gasteiger charge is 1.94. The van der Waals surface area contributed by atoms with Crippen molar-refractivity contribution in [3.63, 3.8) is 0 Å². The first kappa shape index (κ1) is 16.0. The molecule has 1 aromatic carbocycles. The SMILES string of the molecule is CCOCCOCCOCCOc1ccc(C)cc1. The van der Waals surface area contributed by atoms with Gasteiger partial charge in [-0.05, 0) is 26.0 Å². The van der Waals surface area contributed by atoms with E-state index in [0.717, 1.165) is 12.4 Å². The summed E-state index contributed by atoms with van der Waals surface area (Å²) < 4.78 is 21.4. The fourth-order valence-corrected chi connectivity index (χ4v) is 1.44. The molecule has 0 atom stereocenters. The second kappa shape index (κ2) is 10.8. The van der Waals surface area contributed by atoms with E-state index in [1.807, 2.05) is 31.2 Å². The van der Waals surface area contributed by atoms with Crippen molar-refractivity contribution < 1.29 is 18.9 Å². The number of hydrogen-bond donors (Lipinski definition) is 0. The normalized spacial score (nSPS) is 10.6. The van der Waals surface area contributed by atoms with Crippen LogP contribution < -0.4 is 4.74 Å². The topological polar surface area (TPSA) is 36.9 Å². The van der Waals surface area contributed by atoms with Crippen LogP contribution in [0.3, 0.4) is 0 Å². The maximum atomic E-state index is 5.53. The van der Waals surface area contributed by atoms with Crippen LogP contribution in [0.1, 0.15) is 12.5 Å². The molecule has 0 bridgehead atoms. The fraction of sp³-hybridized carbons (Fsp3) is 0.600. The summed E-state index contributed by atoms with van der Waals surface area (Å²) in [7, 11) is 0. The van der Waals surface area contributed by atoms with Gasteiger partial charge in [0.1, 0.15) is 12.4 Å². The first-order valence-corrected chi connectivity index (χ1v) is 6.75. The summed E-state index contributed by atoms with van der Waals surface area (Å²) in [6, 6.07) is 7.99. The molecule has 0 radical (unpaired) electrons. The van der Waals surface area contributed by atoms with Gasteiger partial charge in [0.05, 0.1) is 33.0 Å². The Bertz CT molecular complexity index is 310. The minimum absolute atomic E-state index is 0.558. The highest BCUT2D eigenvalue weighted by molar-refractivity contribution is 5.26. The monoisotopic (exact) mass is 268 g/mol. The van der Waals surface area contributed by atoms with Gasteiger partial charge in [0.2, 0.25) is 0 Å². The van der Waals surface area contributed by atoms with Crippen molar-refractivity contribution in [1.29, 1.82) is 0 Å². The van der Waals surface area contributed by atoms with Crippen LogP contribution in [-0.2, 0) is 14.2 Å². The second-order valence-corrected chi connectivity index (χ2v) is 4.08. The van der Waals surface area contributed by atoms with E-state index in [1.165, 1.54) is 5.56 Å². The maximum Gasteiger partial charge on any atom is 0.119 e. The van der Waals surface area contributed by atoms with E-state index in [9.17, 15) is 0 Å². The zero-order valence-electron chi connectivity index (χ0n) is 11.9. The van der Waals surface area contributed by atoms with Crippen LogP contribution in [0.5, 0.6) is 5.75 Å². The average molecular weight is 268 g/mol. The molecule has 0 spiro atoms. The number of ether oxygens (including phenoxy) is 4. The van der Waals surface area contributed by atoms with Crippen LogP contribution in [0.25, 0.3) is 0 Å². The zero-order chi connectivity index (χ0) is 13.8. The fourth-order valence-electron chi connectivity index (χ4n) is 1.44. The summed E-state index contributed by atoms with van der Waals surface area (Å²) in [4.78, 5) is 0. The van der Waals surface area contributed by atoms with Gasteiger partial charge in [0.15, 0.2) is 0 Å². The summed E-state index contributed by atoms with van der Waals surface area (Å²) in [5.74, 6) is 0.877. The summed E-state index contributed by atoms with van der Waals surface area (Å²) in [6.45, 7) is 8.33. The lowest BCUT2D eigenvalue weighted by Gasteiger charge is -2.08. The van der Waals surface area contributed by atoms with Gasteiger partial charge in [0, 0.05) is 6.61 Å². The van der Waals surface area contributed by atoms with Gasteiger partial charge in [-0.3, -0.25) is 0 Å². The predicted octanol–water partition coefficient (Wildman–Crippen LogP) is 2.44. The molecule has 0 aliphatic heterocycles. The third-order valence-electron chi connectivity index (χ3n) is 2.47. The largest absolute Gasteiger partial charge is 0.491 e. The molecule has 1 rings (SSSR count). The maximum absolute atomic E-state index is 5.53. The molecule has 0 unspecified atom stereocenters. The third-order valence-corrected chi connectivity index (χ3v) is 2.47. The molecule has 0 fully saturated rings. The summed E-state index contributed by atoms with van der Waals surface area (Å²) in [5.41, 5.74) is 1.23. The summed E-state index contributed by atoms with van der Waals surface area (Å²) >= 11 is 0. The lowest BCUT2D eigenvalue weighted by atomic mass is 10.2. The van der Waals surface area contributed by atoms with Crippen LogP contribution in [0.15, 0.2) is 24.3 Å². The van der Waals surface area contributed by atoms with Gasteiger partial charge in [0.25, 0.3) is 0 Å². The molecule has 0 aliphatic carbocycles. The van der Waals surface area contributed by atoms with E-state index in [-0.39, 0.29) is 0 Å². The van der Waals surface area contributed by atoms with Gasteiger partial charge >= 0.3 is 0 Å². The quantitative estimate of drug-likeness (QED) is 0.578. The molecule has 0 aromatic heterocycles. The smallest absolute Gasteiger partial charge is 0.119 e. The van der Waals surface area contributed by atoms with Gasteiger partial charge < -0.3 is 18.9 Å². The van der Waals surface area contributed by atoms with Gasteiger partial charge in [-0.2, -0.15) is 0 Å². The molecule has 108 valence electrons. The van der Waals surface area contributed by atoms with Crippen LogP contribution in [0, 0.1) is 6.92 Å². The Kier molecular flexibility index (Phi) is 9.06. The molecule has 1 aromatic rings. The first-order valence-electron chi connectivity index (χ1n) is 6.75. The lowest BCUT2D eigenvalue weighted by Crippen LogP contribution is -2.12. The van der Waals surface area contributed by atoms with Crippen LogP contribution in [0.2, 0.25) is 0 Å². The highest BCUT2D eigenvalue weighted by atomic mass is 16.6. The molecule has 4 nitrogen and oxygen atoms in total. The van der Waals surface area contributed by atoms with Crippen molar-refractivity contribution in [2.75, 3.05) is 46.2 Å². The van der Waals surface area contributed by atoms with E-state index in [2.05, 4.69) is 6.92 Å². The average Bonchev–Trinajstić information content (AvgIpc) is 2.43. The van der Waals surface area contributed by atoms with Crippen molar-refractivity contribution in [3.8, 4) is 5.75 Å². The Hall–Kier alpha value is -1.10. The van der Waals surface area contributed by atoms with Gasteiger partial charge in [-0.15, -0.1) is 0 Å². The number of benzene rings is 1. The first-order chi connectivity index (χ1) is 9.33. The molecule has 0 amide bonds. The van der Waals surface area contributed by atoms with Crippen LogP contribution in [-0.4, -0.2) is 46.2 Å². The van der Waals surface area contributed by atoms with Crippen molar-refractivity contribution in [2.24, 2.45) is 0 Å². The van der Waals surface area contributed by atoms with Crippen LogP contribution >= 0.6 is 0 Å². The molecule has 0 saturated heterocycles. The Morgan fingerprint density at radius 2 is 1.26 bits per heavy atom. The number of hydrogen-bond acceptors (Lipinski definition) is 4. The van der Waals surface area contributed by atoms with Crippen molar-refractivity contribution in [3.05, 3.63) is 29.8 Å². The van der Waals surface area contributed by atoms with Crippen molar-refractivity contribution >= 4 is 0 Å². The Morgan fingerprint density at radius 1 is 0.737 bits per heavy atom. The predicted molar refractivity (Wildman–Crippen MR) is 74.8 cm³/mol. The Labute approximate surface area is 115 Å². The molecule has 0 saturated carbocycles. The summed E-state index contributed by atoms with van der Waals surface area (Å²) in [5, 5.41) is 0. The molecule has 0 aliphatic rings. The standard InChI is InChI=1S/C15H24O4/c1-3-16-8-9-17-10-11-18-12-13-19-15-6-4-14(2)5-7-15/h4-7H,3,8-13H2,1-2H3. The molecular weight excluding hydrogens is 244 g/mol. The van der Waals surface area contributed by atoms with Crippen LogP contribution in [0.4, 0.5) is 0 Å². The van der Waals surface area contributed by atoms with E-state index in [0.29, 0.717) is 39.6 Å². The van der Waals surface area contributed by atoms with Gasteiger partial charge in [-0.25, -0.2) is 0 Å². The Morgan fingerprint density at radius 3 is 1.84 bits per heavy atom. The number of rotatable bonds is 11. The summed E-state index contributed by atoms with van der Waals surface area (Å²) in [6.07, 6.45) is 0. The molecular formula is C15H24O4. The third kappa shape index (κ3) is 8.59.